The number of hydrazone groups is 1. The molecule has 0 aliphatic carbocycles. The van der Waals surface area contributed by atoms with Crippen molar-refractivity contribution >= 4 is 29.0 Å². The molecule has 1 aromatic heterocycles. The fourth-order valence-corrected chi connectivity index (χ4v) is 4.63. The van der Waals surface area contributed by atoms with Crippen LogP contribution >= 0.6 is 0 Å². The van der Waals surface area contributed by atoms with Crippen molar-refractivity contribution in [1.29, 1.82) is 0 Å². The second kappa shape index (κ2) is 11.4. The van der Waals surface area contributed by atoms with Gasteiger partial charge in [-0.1, -0.05) is 30.3 Å². The second-order valence-electron chi connectivity index (χ2n) is 9.22. The van der Waals surface area contributed by atoms with Gasteiger partial charge in [-0.2, -0.15) is 5.10 Å². The van der Waals surface area contributed by atoms with Crippen LogP contribution in [0.15, 0.2) is 90.0 Å². The fourth-order valence-electron chi connectivity index (χ4n) is 4.63. The lowest BCUT2D eigenvalue weighted by molar-refractivity contribution is 0.0729. The van der Waals surface area contributed by atoms with E-state index in [4.69, 9.17) is 23.7 Å². The summed E-state index contributed by atoms with van der Waals surface area (Å²) < 4.78 is 27.0. The Bertz CT molecular complexity index is 1830. The number of ether oxygens (including phenoxy) is 5. The Morgan fingerprint density at radius 2 is 1.71 bits per heavy atom. The van der Waals surface area contributed by atoms with Crippen LogP contribution in [0.1, 0.15) is 26.4 Å². The molecule has 42 heavy (non-hydrogen) atoms. The van der Waals surface area contributed by atoms with E-state index < -0.39 is 11.9 Å². The maximum atomic E-state index is 13.3. The van der Waals surface area contributed by atoms with Gasteiger partial charge in [0.25, 0.3) is 5.91 Å². The number of nitrogens with one attached hydrogen (secondary N) is 2. The van der Waals surface area contributed by atoms with Gasteiger partial charge in [-0.15, -0.1) is 0 Å². The molecule has 0 saturated carbocycles. The summed E-state index contributed by atoms with van der Waals surface area (Å²) >= 11 is 0. The standard InChI is InChI=1S/C32H25N3O7/c1-38-22-10-11-24-23(16-22)29(20-6-4-3-5-7-20)30(34-24)31(36)35-33-17-19-8-12-26(27(14-19)39-2)42-32(37)21-9-13-25-28(15-21)41-18-40-25/h3-17,34H,18H2,1-2H3,(H,35,36). The van der Waals surface area contributed by atoms with Gasteiger partial charge in [-0.3, -0.25) is 4.79 Å². The molecule has 1 aliphatic heterocycles. The minimum absolute atomic E-state index is 0.107. The van der Waals surface area contributed by atoms with Crippen LogP contribution < -0.4 is 29.1 Å². The first-order valence-electron chi connectivity index (χ1n) is 12.9. The average molecular weight is 564 g/mol. The van der Waals surface area contributed by atoms with E-state index in [1.807, 2.05) is 48.5 Å². The zero-order valence-electron chi connectivity index (χ0n) is 22.7. The lowest BCUT2D eigenvalue weighted by Crippen LogP contribution is -2.18. The molecule has 0 saturated heterocycles. The number of carbonyl (C=O) groups is 2. The van der Waals surface area contributed by atoms with Gasteiger partial charge in [0.15, 0.2) is 23.0 Å². The predicted octanol–water partition coefficient (Wildman–Crippen LogP) is 5.56. The molecule has 4 aromatic carbocycles. The summed E-state index contributed by atoms with van der Waals surface area (Å²) in [6.07, 6.45) is 1.47. The van der Waals surface area contributed by atoms with E-state index in [0.29, 0.717) is 39.8 Å². The number of fused-ring (bicyclic) bond motifs is 2. The number of carbonyl (C=O) groups excluding carboxylic acids is 2. The molecule has 5 aromatic rings. The lowest BCUT2D eigenvalue weighted by atomic mass is 10.0. The highest BCUT2D eigenvalue weighted by atomic mass is 16.7. The quantitative estimate of drug-likeness (QED) is 0.110. The van der Waals surface area contributed by atoms with E-state index in [1.54, 1.807) is 43.5 Å². The average Bonchev–Trinajstić information content (AvgIpc) is 3.66. The first-order valence-corrected chi connectivity index (χ1v) is 12.9. The van der Waals surface area contributed by atoms with Crippen molar-refractivity contribution < 1.29 is 33.3 Å². The van der Waals surface area contributed by atoms with Gasteiger partial charge >= 0.3 is 5.97 Å². The normalized spacial score (nSPS) is 12.0. The molecule has 0 fully saturated rings. The van der Waals surface area contributed by atoms with E-state index in [2.05, 4.69) is 15.5 Å². The molecule has 10 nitrogen and oxygen atoms in total. The third-order valence-electron chi connectivity index (χ3n) is 6.67. The molecule has 1 aliphatic rings. The fraction of sp³-hybridized carbons (Fsp3) is 0.0938. The van der Waals surface area contributed by atoms with Gasteiger partial charge in [0.2, 0.25) is 6.79 Å². The van der Waals surface area contributed by atoms with Crippen molar-refractivity contribution in [3.63, 3.8) is 0 Å². The zero-order chi connectivity index (χ0) is 29.1. The van der Waals surface area contributed by atoms with Gasteiger partial charge in [0, 0.05) is 16.5 Å². The number of amides is 1. The number of methoxy groups -OCH3 is 2. The first-order chi connectivity index (χ1) is 20.5. The Morgan fingerprint density at radius 1 is 0.881 bits per heavy atom. The Labute approximate surface area is 240 Å². The lowest BCUT2D eigenvalue weighted by Gasteiger charge is -2.10. The van der Waals surface area contributed by atoms with E-state index >= 15 is 0 Å². The molecule has 0 radical (unpaired) electrons. The summed E-state index contributed by atoms with van der Waals surface area (Å²) in [5.41, 5.74) is 6.29. The highest BCUT2D eigenvalue weighted by molar-refractivity contribution is 6.10. The first kappa shape index (κ1) is 26.5. The van der Waals surface area contributed by atoms with Gasteiger partial charge in [0.1, 0.15) is 11.4 Å². The third-order valence-corrected chi connectivity index (χ3v) is 6.67. The maximum Gasteiger partial charge on any atom is 0.343 e. The van der Waals surface area contributed by atoms with Gasteiger partial charge in [-0.25, -0.2) is 10.2 Å². The van der Waals surface area contributed by atoms with Crippen LogP contribution in [0, 0.1) is 0 Å². The molecular weight excluding hydrogens is 538 g/mol. The highest BCUT2D eigenvalue weighted by Gasteiger charge is 2.21. The number of H-pyrrole nitrogens is 1. The monoisotopic (exact) mass is 563 g/mol. The summed E-state index contributed by atoms with van der Waals surface area (Å²) in [5.74, 6) is 1.28. The number of rotatable bonds is 8. The predicted molar refractivity (Wildman–Crippen MR) is 156 cm³/mol. The molecule has 0 spiro atoms. The van der Waals surface area contributed by atoms with Gasteiger partial charge in [0.05, 0.1) is 26.0 Å². The highest BCUT2D eigenvalue weighted by Crippen LogP contribution is 2.35. The molecule has 1 amide bonds. The number of aromatic nitrogens is 1. The number of esters is 1. The molecule has 0 unspecified atom stereocenters. The third kappa shape index (κ3) is 5.20. The van der Waals surface area contributed by atoms with Crippen LogP contribution in [0.4, 0.5) is 0 Å². The smallest absolute Gasteiger partial charge is 0.343 e. The van der Waals surface area contributed by atoms with Crippen molar-refractivity contribution in [1.82, 2.24) is 10.4 Å². The molecule has 2 heterocycles. The Balaban J connectivity index is 1.19. The summed E-state index contributed by atoms with van der Waals surface area (Å²) in [4.78, 5) is 29.2. The Kier molecular flexibility index (Phi) is 7.17. The van der Waals surface area contributed by atoms with Crippen LogP contribution in [0.2, 0.25) is 0 Å². The molecule has 10 heteroatoms. The molecule has 2 N–H and O–H groups in total. The maximum absolute atomic E-state index is 13.3. The van der Waals surface area contributed by atoms with Crippen molar-refractivity contribution in [2.24, 2.45) is 5.10 Å². The number of hydrogen-bond donors (Lipinski definition) is 2. The van der Waals surface area contributed by atoms with Crippen LogP contribution in [0.5, 0.6) is 28.7 Å². The van der Waals surface area contributed by atoms with Crippen LogP contribution in [0.3, 0.4) is 0 Å². The molecule has 0 bridgehead atoms. The van der Waals surface area contributed by atoms with Gasteiger partial charge < -0.3 is 28.7 Å². The van der Waals surface area contributed by atoms with E-state index in [1.165, 1.54) is 13.3 Å². The van der Waals surface area contributed by atoms with Crippen LogP contribution in [-0.4, -0.2) is 44.1 Å². The summed E-state index contributed by atoms with van der Waals surface area (Å²) in [7, 11) is 3.06. The SMILES string of the molecule is COc1ccc2[nH]c(C(=O)NN=Cc3ccc(OC(=O)c4ccc5c(c4)OCO5)c(OC)c3)c(-c3ccccc3)c2c1. The van der Waals surface area contributed by atoms with E-state index in [-0.39, 0.29) is 12.5 Å². The topological polar surface area (TPSA) is 120 Å². The molecular formula is C32H25N3O7. The van der Waals surface area contributed by atoms with E-state index in [9.17, 15) is 9.59 Å². The molecule has 6 rings (SSSR count). The van der Waals surface area contributed by atoms with Gasteiger partial charge in [-0.05, 0) is 65.7 Å². The molecule has 0 atom stereocenters. The minimum atomic E-state index is -0.578. The van der Waals surface area contributed by atoms with Crippen molar-refractivity contribution in [3.8, 4) is 39.9 Å². The van der Waals surface area contributed by atoms with Crippen molar-refractivity contribution in [2.75, 3.05) is 21.0 Å². The Morgan fingerprint density at radius 3 is 2.52 bits per heavy atom. The second-order valence-corrected chi connectivity index (χ2v) is 9.22. The zero-order valence-corrected chi connectivity index (χ0v) is 22.7. The number of nitrogens with zero attached hydrogens (tertiary/aromatic N) is 1. The summed E-state index contributed by atoms with van der Waals surface area (Å²) in [6, 6.07) is 24.9. The van der Waals surface area contributed by atoms with Crippen molar-refractivity contribution in [2.45, 2.75) is 0 Å². The van der Waals surface area contributed by atoms with Crippen LogP contribution in [0.25, 0.3) is 22.0 Å². The largest absolute Gasteiger partial charge is 0.497 e. The summed E-state index contributed by atoms with van der Waals surface area (Å²) in [6.45, 7) is 0.107. The molecule has 210 valence electrons. The van der Waals surface area contributed by atoms with Crippen molar-refractivity contribution in [3.05, 3.63) is 102 Å². The Hall–Kier alpha value is -5.77. The summed E-state index contributed by atoms with van der Waals surface area (Å²) in [5, 5.41) is 5.00. The van der Waals surface area contributed by atoms with E-state index in [0.717, 1.165) is 22.0 Å². The number of benzene rings is 4. The van der Waals surface area contributed by atoms with Crippen LogP contribution in [-0.2, 0) is 0 Å². The minimum Gasteiger partial charge on any atom is -0.497 e. The number of aromatic amines is 1. The number of hydrogen-bond acceptors (Lipinski definition) is 8.